The molecule has 0 unspecified atom stereocenters. The highest BCUT2D eigenvalue weighted by Gasteiger charge is 2.43. The zero-order valence-electron chi connectivity index (χ0n) is 5.29. The molecule has 1 saturated carbocycles. The number of alkyl halides is 4. The van der Waals surface area contributed by atoms with Crippen LogP contribution in [0.5, 0.6) is 0 Å². The lowest BCUT2D eigenvalue weighted by Crippen LogP contribution is -2.24. The summed E-state index contributed by atoms with van der Waals surface area (Å²) in [5, 5.41) is 0. The fourth-order valence-corrected chi connectivity index (χ4v) is 3.11. The van der Waals surface area contributed by atoms with Crippen molar-refractivity contribution in [3.63, 3.8) is 0 Å². The SMILES string of the molecule is FC(F)(Br)[C@H]1CCC[C@@H]1Br. The quantitative estimate of drug-likeness (QED) is 0.643. The third kappa shape index (κ3) is 1.91. The molecule has 0 spiro atoms. The lowest BCUT2D eigenvalue weighted by Gasteiger charge is -2.19. The summed E-state index contributed by atoms with van der Waals surface area (Å²) in [6.45, 7) is 0. The van der Waals surface area contributed by atoms with E-state index in [0.717, 1.165) is 12.8 Å². The van der Waals surface area contributed by atoms with Gasteiger partial charge in [0.25, 0.3) is 0 Å². The lowest BCUT2D eigenvalue weighted by molar-refractivity contribution is 0.0522. The second kappa shape index (κ2) is 3.05. The van der Waals surface area contributed by atoms with Crippen molar-refractivity contribution in [1.29, 1.82) is 0 Å². The van der Waals surface area contributed by atoms with Crippen molar-refractivity contribution in [1.82, 2.24) is 0 Å². The van der Waals surface area contributed by atoms with E-state index in [2.05, 4.69) is 31.9 Å². The molecule has 0 aliphatic heterocycles. The summed E-state index contributed by atoms with van der Waals surface area (Å²) < 4.78 is 25.1. The molecule has 0 saturated heterocycles. The van der Waals surface area contributed by atoms with Gasteiger partial charge in [-0.2, -0.15) is 8.78 Å². The van der Waals surface area contributed by atoms with Crippen molar-refractivity contribution < 1.29 is 8.78 Å². The standard InChI is InChI=1S/C6H8Br2F2/c7-5-3-1-2-4(5)6(8,9)10/h4-5H,1-3H2/t4-,5-/m0/s1. The van der Waals surface area contributed by atoms with Crippen molar-refractivity contribution in [2.45, 2.75) is 28.9 Å². The molecule has 0 aromatic heterocycles. The van der Waals surface area contributed by atoms with E-state index < -0.39 is 10.7 Å². The smallest absolute Gasteiger partial charge is 0.193 e. The van der Waals surface area contributed by atoms with Crippen LogP contribution in [0.2, 0.25) is 0 Å². The van der Waals surface area contributed by atoms with E-state index in [4.69, 9.17) is 0 Å². The van der Waals surface area contributed by atoms with Crippen LogP contribution in [-0.2, 0) is 0 Å². The summed E-state index contributed by atoms with van der Waals surface area (Å²) in [7, 11) is 0. The first kappa shape index (κ1) is 8.91. The van der Waals surface area contributed by atoms with Gasteiger partial charge in [-0.3, -0.25) is 0 Å². The van der Waals surface area contributed by atoms with Crippen molar-refractivity contribution in [3.05, 3.63) is 0 Å². The number of hydrogen-bond donors (Lipinski definition) is 0. The van der Waals surface area contributed by atoms with Gasteiger partial charge in [0.05, 0.1) is 0 Å². The first-order valence-corrected chi connectivity index (χ1v) is 4.93. The predicted molar refractivity (Wildman–Crippen MR) is 43.9 cm³/mol. The van der Waals surface area contributed by atoms with Gasteiger partial charge in [0.1, 0.15) is 0 Å². The van der Waals surface area contributed by atoms with Crippen LogP contribution >= 0.6 is 31.9 Å². The molecular formula is C6H8Br2F2. The second-order valence-corrected chi connectivity index (χ2v) is 4.83. The average Bonchev–Trinajstić information content (AvgIpc) is 2.11. The summed E-state index contributed by atoms with van der Waals surface area (Å²) in [5.74, 6) is -0.521. The van der Waals surface area contributed by atoms with Crippen LogP contribution in [0.25, 0.3) is 0 Å². The van der Waals surface area contributed by atoms with Crippen molar-refractivity contribution in [3.8, 4) is 0 Å². The van der Waals surface area contributed by atoms with Gasteiger partial charge in [0.2, 0.25) is 0 Å². The van der Waals surface area contributed by atoms with Gasteiger partial charge in [-0.15, -0.1) is 0 Å². The highest BCUT2D eigenvalue weighted by molar-refractivity contribution is 9.10. The van der Waals surface area contributed by atoms with Gasteiger partial charge in [0, 0.05) is 10.7 Å². The molecule has 1 aliphatic carbocycles. The van der Waals surface area contributed by atoms with E-state index in [1.165, 1.54) is 0 Å². The summed E-state index contributed by atoms with van der Waals surface area (Å²) in [6, 6.07) is 0. The van der Waals surface area contributed by atoms with Gasteiger partial charge in [-0.25, -0.2) is 0 Å². The molecule has 0 aromatic carbocycles. The van der Waals surface area contributed by atoms with E-state index in [-0.39, 0.29) is 4.83 Å². The maximum absolute atomic E-state index is 12.6. The Kier molecular flexibility index (Phi) is 2.72. The van der Waals surface area contributed by atoms with Crippen LogP contribution in [0.4, 0.5) is 8.78 Å². The minimum Gasteiger partial charge on any atom is -0.193 e. The number of halogens is 4. The molecule has 2 atom stereocenters. The molecule has 4 heteroatoms. The van der Waals surface area contributed by atoms with E-state index >= 15 is 0 Å². The predicted octanol–water partition coefficient (Wildman–Crippen LogP) is 3.54. The maximum atomic E-state index is 12.6. The number of rotatable bonds is 1. The minimum atomic E-state index is -2.68. The molecule has 60 valence electrons. The lowest BCUT2D eigenvalue weighted by atomic mass is 10.1. The maximum Gasteiger partial charge on any atom is 0.305 e. The molecule has 0 radical (unpaired) electrons. The fraction of sp³-hybridized carbons (Fsp3) is 1.00. The van der Waals surface area contributed by atoms with Gasteiger partial charge < -0.3 is 0 Å². The Bertz CT molecular complexity index is 121. The summed E-state index contributed by atoms with van der Waals surface area (Å²) in [5.41, 5.74) is 0. The molecule has 0 nitrogen and oxygen atoms in total. The van der Waals surface area contributed by atoms with E-state index in [9.17, 15) is 8.78 Å². The van der Waals surface area contributed by atoms with Crippen LogP contribution in [-0.4, -0.2) is 9.66 Å². The van der Waals surface area contributed by atoms with Gasteiger partial charge in [-0.1, -0.05) is 22.4 Å². The fourth-order valence-electron chi connectivity index (χ4n) is 1.28. The average molecular weight is 278 g/mol. The zero-order chi connectivity index (χ0) is 7.78. The van der Waals surface area contributed by atoms with Gasteiger partial charge in [-0.05, 0) is 28.8 Å². The summed E-state index contributed by atoms with van der Waals surface area (Å²) >= 11 is 5.61. The Balaban J connectivity index is 2.55. The summed E-state index contributed by atoms with van der Waals surface area (Å²) in [4.78, 5) is -2.70. The molecule has 1 fully saturated rings. The number of hydrogen-bond acceptors (Lipinski definition) is 0. The molecule has 0 bridgehead atoms. The minimum absolute atomic E-state index is 0.0122. The molecule has 0 N–H and O–H groups in total. The Morgan fingerprint density at radius 2 is 1.90 bits per heavy atom. The largest absolute Gasteiger partial charge is 0.305 e. The molecular weight excluding hydrogens is 270 g/mol. The highest BCUT2D eigenvalue weighted by Crippen LogP contribution is 2.44. The molecule has 10 heavy (non-hydrogen) atoms. The normalized spacial score (nSPS) is 34.8. The van der Waals surface area contributed by atoms with Crippen LogP contribution in [0.1, 0.15) is 19.3 Å². The topological polar surface area (TPSA) is 0 Å². The Hall–Kier alpha value is 0.820. The van der Waals surface area contributed by atoms with E-state index in [0.29, 0.717) is 6.42 Å². The first-order chi connectivity index (χ1) is 4.52. The van der Waals surface area contributed by atoms with Gasteiger partial charge >= 0.3 is 4.83 Å². The van der Waals surface area contributed by atoms with Crippen LogP contribution in [0.3, 0.4) is 0 Å². The van der Waals surface area contributed by atoms with Crippen LogP contribution < -0.4 is 0 Å². The molecule has 1 aliphatic rings. The molecule has 1 rings (SSSR count). The van der Waals surface area contributed by atoms with Crippen LogP contribution in [0.15, 0.2) is 0 Å². The second-order valence-electron chi connectivity index (χ2n) is 2.60. The van der Waals surface area contributed by atoms with E-state index in [1.807, 2.05) is 0 Å². The van der Waals surface area contributed by atoms with E-state index in [1.54, 1.807) is 0 Å². The summed E-state index contributed by atoms with van der Waals surface area (Å²) in [6.07, 6.45) is 2.39. The first-order valence-electron chi connectivity index (χ1n) is 3.22. The van der Waals surface area contributed by atoms with Crippen molar-refractivity contribution in [2.24, 2.45) is 5.92 Å². The Labute approximate surface area is 75.6 Å². The molecule has 0 aromatic rings. The Morgan fingerprint density at radius 3 is 2.10 bits per heavy atom. The molecule has 0 heterocycles. The van der Waals surface area contributed by atoms with Crippen LogP contribution in [0, 0.1) is 5.92 Å². The van der Waals surface area contributed by atoms with Crippen molar-refractivity contribution >= 4 is 31.9 Å². The highest BCUT2D eigenvalue weighted by atomic mass is 79.9. The molecule has 0 amide bonds. The van der Waals surface area contributed by atoms with Crippen molar-refractivity contribution in [2.75, 3.05) is 0 Å². The van der Waals surface area contributed by atoms with Gasteiger partial charge in [0.15, 0.2) is 0 Å². The monoisotopic (exact) mass is 276 g/mol. The Morgan fingerprint density at radius 1 is 1.30 bits per heavy atom. The third-order valence-corrected chi connectivity index (χ3v) is 3.54. The zero-order valence-corrected chi connectivity index (χ0v) is 8.46. The third-order valence-electron chi connectivity index (χ3n) is 1.85.